The number of thioether (sulfide) groups is 1. The van der Waals surface area contributed by atoms with Gasteiger partial charge in [0.25, 0.3) is 0 Å². The van der Waals surface area contributed by atoms with Crippen LogP contribution in [0.2, 0.25) is 0 Å². The number of ether oxygens (including phenoxy) is 2. The van der Waals surface area contributed by atoms with Crippen LogP contribution in [0.5, 0.6) is 11.5 Å². The third kappa shape index (κ3) is 3.95. The molecule has 6 nitrogen and oxygen atoms in total. The van der Waals surface area contributed by atoms with E-state index >= 15 is 0 Å². The van der Waals surface area contributed by atoms with E-state index in [9.17, 15) is 9.59 Å². The van der Waals surface area contributed by atoms with Gasteiger partial charge in [-0.1, -0.05) is 25.3 Å². The monoisotopic (exact) mass is 404 g/mol. The molecule has 2 fully saturated rings. The van der Waals surface area contributed by atoms with E-state index in [1.807, 2.05) is 25.1 Å². The Balaban J connectivity index is 1.55. The molecule has 28 heavy (non-hydrogen) atoms. The zero-order chi connectivity index (χ0) is 19.6. The minimum Gasteiger partial charge on any atom is -0.454 e. The fourth-order valence-electron chi connectivity index (χ4n) is 4.18. The van der Waals surface area contributed by atoms with Gasteiger partial charge in [-0.25, -0.2) is 0 Å². The predicted molar refractivity (Wildman–Crippen MR) is 108 cm³/mol. The normalized spacial score (nSPS) is 25.5. The first kappa shape index (κ1) is 19.4. The number of hydrogen-bond donors (Lipinski definition) is 1. The van der Waals surface area contributed by atoms with Crippen LogP contribution in [0.15, 0.2) is 18.2 Å². The topological polar surface area (TPSA) is 67.9 Å². The van der Waals surface area contributed by atoms with Gasteiger partial charge in [-0.2, -0.15) is 11.8 Å². The van der Waals surface area contributed by atoms with Gasteiger partial charge in [0.15, 0.2) is 11.5 Å². The van der Waals surface area contributed by atoms with E-state index in [1.54, 1.807) is 16.7 Å². The molecule has 2 amide bonds. The SMILES string of the molecule is CC1(C(=O)NC2CCCCC2)CSCCC(=O)N1Cc1ccc2c(c1)OCO2. The lowest BCUT2D eigenvalue weighted by atomic mass is 9.93. The molecule has 0 spiro atoms. The van der Waals surface area contributed by atoms with E-state index in [-0.39, 0.29) is 24.6 Å². The summed E-state index contributed by atoms with van der Waals surface area (Å²) in [6.45, 7) is 2.53. The van der Waals surface area contributed by atoms with Gasteiger partial charge in [-0.3, -0.25) is 9.59 Å². The van der Waals surface area contributed by atoms with Crippen LogP contribution in [-0.4, -0.2) is 46.6 Å². The predicted octanol–water partition coefficient (Wildman–Crippen LogP) is 3.09. The summed E-state index contributed by atoms with van der Waals surface area (Å²) >= 11 is 1.68. The third-order valence-electron chi connectivity index (χ3n) is 5.95. The summed E-state index contributed by atoms with van der Waals surface area (Å²) in [4.78, 5) is 28.0. The Labute approximate surface area is 170 Å². The van der Waals surface area contributed by atoms with E-state index in [1.165, 1.54) is 6.42 Å². The lowest BCUT2D eigenvalue weighted by Gasteiger charge is -2.40. The lowest BCUT2D eigenvalue weighted by Crippen LogP contribution is -2.61. The van der Waals surface area contributed by atoms with E-state index in [0.29, 0.717) is 24.5 Å². The molecule has 1 aromatic rings. The van der Waals surface area contributed by atoms with Gasteiger partial charge in [0.2, 0.25) is 18.6 Å². The highest BCUT2D eigenvalue weighted by Gasteiger charge is 2.44. The molecule has 1 N–H and O–H groups in total. The minimum atomic E-state index is -0.855. The fraction of sp³-hybridized carbons (Fsp3) is 0.619. The average molecular weight is 405 g/mol. The number of nitrogens with one attached hydrogen (secondary N) is 1. The number of carbonyl (C=O) groups is 2. The molecule has 1 aliphatic carbocycles. The smallest absolute Gasteiger partial charge is 0.246 e. The first-order valence-electron chi connectivity index (χ1n) is 10.1. The number of hydrogen-bond acceptors (Lipinski definition) is 5. The molecule has 1 saturated heterocycles. The standard InChI is InChI=1S/C21H28N2O4S/c1-21(20(25)22-16-5-3-2-4-6-16)13-28-10-9-19(24)23(21)12-15-7-8-17-18(11-15)27-14-26-17/h7-8,11,16H,2-6,9-10,12-14H2,1H3,(H,22,25). The molecule has 1 aromatic carbocycles. The molecule has 2 aliphatic heterocycles. The molecule has 0 aromatic heterocycles. The summed E-state index contributed by atoms with van der Waals surface area (Å²) in [6, 6.07) is 5.95. The van der Waals surface area contributed by atoms with E-state index < -0.39 is 5.54 Å². The van der Waals surface area contributed by atoms with Crippen LogP contribution in [-0.2, 0) is 16.1 Å². The van der Waals surface area contributed by atoms with Gasteiger partial charge in [0.1, 0.15) is 5.54 Å². The Hall–Kier alpha value is -1.89. The van der Waals surface area contributed by atoms with Crippen LogP contribution in [0.4, 0.5) is 0 Å². The zero-order valence-electron chi connectivity index (χ0n) is 16.4. The van der Waals surface area contributed by atoms with Crippen LogP contribution >= 0.6 is 11.8 Å². The summed E-state index contributed by atoms with van der Waals surface area (Å²) < 4.78 is 10.8. The zero-order valence-corrected chi connectivity index (χ0v) is 17.2. The lowest BCUT2D eigenvalue weighted by molar-refractivity contribution is -0.146. The van der Waals surface area contributed by atoms with Crippen molar-refractivity contribution in [3.63, 3.8) is 0 Å². The third-order valence-corrected chi connectivity index (χ3v) is 7.21. The molecule has 7 heteroatoms. The van der Waals surface area contributed by atoms with Crippen LogP contribution in [0, 0.1) is 0 Å². The maximum absolute atomic E-state index is 13.3. The van der Waals surface area contributed by atoms with Crippen molar-refractivity contribution < 1.29 is 19.1 Å². The number of rotatable bonds is 4. The molecule has 1 saturated carbocycles. The Bertz CT molecular complexity index is 750. The maximum Gasteiger partial charge on any atom is 0.246 e. The molecule has 1 unspecified atom stereocenters. The Morgan fingerprint density at radius 2 is 2.04 bits per heavy atom. The van der Waals surface area contributed by atoms with E-state index in [2.05, 4.69) is 5.32 Å². The van der Waals surface area contributed by atoms with Gasteiger partial charge in [-0.15, -0.1) is 0 Å². The quantitative estimate of drug-likeness (QED) is 0.835. The summed E-state index contributed by atoms with van der Waals surface area (Å²) in [5.41, 5.74) is 0.0905. The van der Waals surface area contributed by atoms with Crippen LogP contribution in [0.3, 0.4) is 0 Å². The number of fused-ring (bicyclic) bond motifs is 1. The first-order valence-corrected chi connectivity index (χ1v) is 11.3. The van der Waals surface area contributed by atoms with Crippen molar-refractivity contribution in [2.24, 2.45) is 0 Å². The first-order chi connectivity index (χ1) is 13.6. The van der Waals surface area contributed by atoms with Gasteiger partial charge in [-0.05, 0) is 37.5 Å². The van der Waals surface area contributed by atoms with E-state index in [4.69, 9.17) is 9.47 Å². The molecule has 0 bridgehead atoms. The highest BCUT2D eigenvalue weighted by atomic mass is 32.2. The largest absolute Gasteiger partial charge is 0.454 e. The minimum absolute atomic E-state index is 0.0251. The molecular formula is C21H28N2O4S. The molecule has 4 rings (SSSR count). The van der Waals surface area contributed by atoms with Gasteiger partial charge in [0.05, 0.1) is 0 Å². The maximum atomic E-state index is 13.3. The van der Waals surface area contributed by atoms with Crippen molar-refractivity contribution >= 4 is 23.6 Å². The van der Waals surface area contributed by atoms with Crippen molar-refractivity contribution in [3.8, 4) is 11.5 Å². The average Bonchev–Trinajstić information content (AvgIpc) is 3.12. The van der Waals surface area contributed by atoms with Crippen LogP contribution in [0.1, 0.15) is 51.0 Å². The summed E-state index contributed by atoms with van der Waals surface area (Å²) in [5.74, 6) is 2.79. The number of benzene rings is 1. The summed E-state index contributed by atoms with van der Waals surface area (Å²) in [6.07, 6.45) is 6.10. The van der Waals surface area contributed by atoms with Gasteiger partial charge in [0, 0.05) is 30.5 Å². The van der Waals surface area contributed by atoms with Crippen molar-refractivity contribution in [1.29, 1.82) is 0 Å². The van der Waals surface area contributed by atoms with Crippen LogP contribution in [0.25, 0.3) is 0 Å². The Morgan fingerprint density at radius 3 is 2.86 bits per heavy atom. The van der Waals surface area contributed by atoms with E-state index in [0.717, 1.165) is 42.7 Å². The second kappa shape index (κ2) is 8.23. The second-order valence-corrected chi connectivity index (χ2v) is 9.16. The summed E-state index contributed by atoms with van der Waals surface area (Å²) in [7, 11) is 0. The number of nitrogens with zero attached hydrogens (tertiary/aromatic N) is 1. The van der Waals surface area contributed by atoms with Gasteiger partial charge < -0.3 is 19.7 Å². The molecular weight excluding hydrogens is 376 g/mol. The highest BCUT2D eigenvalue weighted by molar-refractivity contribution is 7.99. The second-order valence-electron chi connectivity index (χ2n) is 8.05. The molecule has 0 radical (unpaired) electrons. The van der Waals surface area contributed by atoms with Crippen molar-refractivity contribution in [3.05, 3.63) is 23.8 Å². The number of carbonyl (C=O) groups excluding carboxylic acids is 2. The van der Waals surface area contributed by atoms with Crippen molar-refractivity contribution in [2.45, 2.75) is 63.6 Å². The fourth-order valence-corrected chi connectivity index (χ4v) is 5.33. The molecule has 152 valence electrons. The molecule has 1 atom stereocenters. The van der Waals surface area contributed by atoms with Crippen molar-refractivity contribution in [2.75, 3.05) is 18.3 Å². The Morgan fingerprint density at radius 1 is 1.25 bits per heavy atom. The van der Waals surface area contributed by atoms with Crippen LogP contribution < -0.4 is 14.8 Å². The molecule has 3 aliphatic rings. The summed E-state index contributed by atoms with van der Waals surface area (Å²) in [5, 5.41) is 3.24. The number of amides is 2. The van der Waals surface area contributed by atoms with Gasteiger partial charge >= 0.3 is 0 Å². The highest BCUT2D eigenvalue weighted by Crippen LogP contribution is 2.35. The Kier molecular flexibility index (Phi) is 5.71. The molecule has 2 heterocycles. The van der Waals surface area contributed by atoms with Crippen molar-refractivity contribution in [1.82, 2.24) is 10.2 Å².